The van der Waals surface area contributed by atoms with Gasteiger partial charge in [-0.15, -0.1) is 0 Å². The van der Waals surface area contributed by atoms with Crippen LogP contribution in [0.5, 0.6) is 0 Å². The Morgan fingerprint density at radius 2 is 1.78 bits per heavy atom. The second-order valence-corrected chi connectivity index (χ2v) is 11.8. The zero-order chi connectivity index (χ0) is 25.6. The van der Waals surface area contributed by atoms with E-state index in [4.69, 9.17) is 4.74 Å². The van der Waals surface area contributed by atoms with E-state index in [1.165, 1.54) is 0 Å². The average molecular weight is 497 g/mol. The van der Waals surface area contributed by atoms with Gasteiger partial charge in [-0.1, -0.05) is 20.8 Å². The summed E-state index contributed by atoms with van der Waals surface area (Å²) in [5.74, 6) is 0.306. The maximum Gasteiger partial charge on any atom is 0.251 e. The van der Waals surface area contributed by atoms with E-state index in [0.717, 1.165) is 44.7 Å². The normalized spacial score (nSPS) is 27.8. The van der Waals surface area contributed by atoms with Crippen LogP contribution in [-0.4, -0.2) is 92.0 Å². The van der Waals surface area contributed by atoms with E-state index in [1.54, 1.807) is 4.90 Å². The lowest BCUT2D eigenvalue weighted by atomic mass is 9.80. The summed E-state index contributed by atoms with van der Waals surface area (Å²) >= 11 is 0. The van der Waals surface area contributed by atoms with Crippen LogP contribution in [0.2, 0.25) is 0 Å². The van der Waals surface area contributed by atoms with E-state index in [9.17, 15) is 14.4 Å². The fourth-order valence-electron chi connectivity index (χ4n) is 5.92. The quantitative estimate of drug-likeness (QED) is 0.623. The van der Waals surface area contributed by atoms with Gasteiger partial charge in [-0.25, -0.2) is 0 Å². The first-order valence-corrected chi connectivity index (χ1v) is 13.5. The number of rotatable bonds is 7. The van der Waals surface area contributed by atoms with Crippen LogP contribution in [0.4, 0.5) is 5.69 Å². The lowest BCUT2D eigenvalue weighted by Gasteiger charge is -2.37. The maximum absolute atomic E-state index is 14.0. The summed E-state index contributed by atoms with van der Waals surface area (Å²) in [4.78, 5) is 46.4. The minimum atomic E-state index is -0.723. The van der Waals surface area contributed by atoms with E-state index >= 15 is 0 Å². The number of likely N-dealkylation sites (tertiary alicyclic amines) is 1. The summed E-state index contributed by atoms with van der Waals surface area (Å²) in [5.41, 5.74) is 1.17. The van der Waals surface area contributed by atoms with E-state index in [2.05, 4.69) is 22.2 Å². The van der Waals surface area contributed by atoms with Crippen LogP contribution in [0.15, 0.2) is 24.3 Å². The van der Waals surface area contributed by atoms with Gasteiger partial charge < -0.3 is 24.8 Å². The average Bonchev–Trinajstić information content (AvgIpc) is 3.55. The molecule has 1 aromatic carbocycles. The third-order valence-corrected chi connectivity index (χ3v) is 8.95. The molecule has 0 bridgehead atoms. The smallest absolute Gasteiger partial charge is 0.251 e. The van der Waals surface area contributed by atoms with Crippen molar-refractivity contribution in [3.8, 4) is 0 Å². The van der Waals surface area contributed by atoms with Gasteiger partial charge in [0.25, 0.3) is 5.91 Å². The molecule has 1 aromatic rings. The number of benzene rings is 1. The zero-order valence-electron chi connectivity index (χ0n) is 22.0. The Hall–Kier alpha value is -2.45. The van der Waals surface area contributed by atoms with E-state index in [1.807, 2.05) is 45.0 Å². The molecule has 4 fully saturated rings. The molecule has 0 unspecified atom stereocenters. The summed E-state index contributed by atoms with van der Waals surface area (Å²) in [6.45, 7) is 10.6. The first-order chi connectivity index (χ1) is 17.2. The van der Waals surface area contributed by atoms with Crippen molar-refractivity contribution in [1.29, 1.82) is 0 Å². The number of ether oxygens (including phenoxy) is 1. The fourth-order valence-corrected chi connectivity index (χ4v) is 5.92. The molecule has 2 amide bonds. The molecule has 36 heavy (non-hydrogen) atoms. The minimum Gasteiger partial charge on any atom is -0.369 e. The second kappa shape index (κ2) is 9.78. The highest BCUT2D eigenvalue weighted by atomic mass is 16.5. The number of ketones is 1. The van der Waals surface area contributed by atoms with Crippen molar-refractivity contribution in [3.05, 3.63) is 29.8 Å². The fraction of sp³-hybridized carbons (Fsp3) is 0.679. The molecular formula is C28H40N4O4. The Bertz CT molecular complexity index is 997. The Kier molecular flexibility index (Phi) is 6.85. The first kappa shape index (κ1) is 25.2. The first-order valence-electron chi connectivity index (χ1n) is 13.5. The summed E-state index contributed by atoms with van der Waals surface area (Å²) in [6.07, 6.45) is 2.79. The monoisotopic (exact) mass is 496 g/mol. The minimum absolute atomic E-state index is 0.0182. The molecule has 3 heterocycles. The van der Waals surface area contributed by atoms with Gasteiger partial charge in [0.15, 0.2) is 5.78 Å². The van der Waals surface area contributed by atoms with Crippen molar-refractivity contribution in [1.82, 2.24) is 15.1 Å². The highest BCUT2D eigenvalue weighted by Crippen LogP contribution is 2.46. The molecule has 1 aliphatic carbocycles. The lowest BCUT2D eigenvalue weighted by Crippen LogP contribution is -2.57. The van der Waals surface area contributed by atoms with Crippen LogP contribution >= 0.6 is 0 Å². The highest BCUT2D eigenvalue weighted by molar-refractivity contribution is 5.99. The molecule has 3 aliphatic heterocycles. The van der Waals surface area contributed by atoms with Crippen LogP contribution < -0.4 is 10.2 Å². The second-order valence-electron chi connectivity index (χ2n) is 11.8. The number of piperazine rings is 1. The zero-order valence-corrected chi connectivity index (χ0v) is 22.0. The predicted molar refractivity (Wildman–Crippen MR) is 138 cm³/mol. The number of carbonyl (C=O) groups is 3. The third-order valence-electron chi connectivity index (χ3n) is 8.95. The van der Waals surface area contributed by atoms with Crippen molar-refractivity contribution in [2.45, 2.75) is 58.2 Å². The summed E-state index contributed by atoms with van der Waals surface area (Å²) in [5, 5.41) is 3.06. The lowest BCUT2D eigenvalue weighted by molar-refractivity contribution is -0.140. The summed E-state index contributed by atoms with van der Waals surface area (Å²) < 4.78 is 5.86. The molecule has 0 aromatic heterocycles. The SMILES string of the molecule is CCC(C)(C)[C@H](NC(=O)c1ccc(N2CCN(C)CC2)cc1)C(=O)N1C[C@@H](C2CC2)[C@H]2OCC(=O)[C@H]21. The molecule has 0 spiro atoms. The van der Waals surface area contributed by atoms with Gasteiger partial charge in [0.1, 0.15) is 18.7 Å². The molecule has 4 aliphatic rings. The number of fused-ring (bicyclic) bond motifs is 1. The number of carbonyl (C=O) groups excluding carboxylic acids is 3. The Morgan fingerprint density at radius 3 is 2.39 bits per heavy atom. The van der Waals surface area contributed by atoms with Crippen molar-refractivity contribution >= 4 is 23.3 Å². The van der Waals surface area contributed by atoms with Gasteiger partial charge in [0.05, 0.1) is 6.10 Å². The molecule has 196 valence electrons. The molecule has 8 heteroatoms. The van der Waals surface area contributed by atoms with Crippen molar-refractivity contribution in [3.63, 3.8) is 0 Å². The molecule has 4 atom stereocenters. The number of amides is 2. The molecule has 1 N–H and O–H groups in total. The van der Waals surface area contributed by atoms with Crippen LogP contribution in [0, 0.1) is 17.3 Å². The molecule has 5 rings (SSSR count). The third kappa shape index (κ3) is 4.77. The van der Waals surface area contributed by atoms with E-state index < -0.39 is 17.5 Å². The van der Waals surface area contributed by atoms with E-state index in [0.29, 0.717) is 24.4 Å². The molecule has 0 radical (unpaired) electrons. The number of likely N-dealkylation sites (N-methyl/N-ethyl adjacent to an activating group) is 1. The van der Waals surface area contributed by atoms with Crippen molar-refractivity contribution in [2.75, 3.05) is 51.3 Å². The van der Waals surface area contributed by atoms with Crippen LogP contribution in [0.1, 0.15) is 50.4 Å². The maximum atomic E-state index is 14.0. The number of Topliss-reactive ketones (excluding diaryl/α,β-unsaturated/α-hetero) is 1. The Labute approximate surface area is 214 Å². The Morgan fingerprint density at radius 1 is 1.11 bits per heavy atom. The topological polar surface area (TPSA) is 82.2 Å². The summed E-state index contributed by atoms with van der Waals surface area (Å²) in [6, 6.07) is 6.42. The molecular weight excluding hydrogens is 456 g/mol. The van der Waals surface area contributed by atoms with Gasteiger partial charge in [0.2, 0.25) is 5.91 Å². The standard InChI is InChI=1S/C28H40N4O4/c1-5-28(2,3)25(27(35)32-16-21(18-6-7-18)24-23(32)22(33)17-36-24)29-26(34)19-8-10-20(11-9-19)31-14-12-30(4)13-15-31/h8-11,18,21,23-25H,5-7,12-17H2,1-4H3,(H,29,34)/t21-,23+,24+,25+/m0/s1. The highest BCUT2D eigenvalue weighted by Gasteiger charge is 2.57. The largest absolute Gasteiger partial charge is 0.369 e. The molecule has 1 saturated carbocycles. The van der Waals surface area contributed by atoms with Gasteiger partial charge in [-0.05, 0) is 61.9 Å². The van der Waals surface area contributed by atoms with E-state index in [-0.39, 0.29) is 36.2 Å². The van der Waals surface area contributed by atoms with Gasteiger partial charge >= 0.3 is 0 Å². The van der Waals surface area contributed by atoms with Crippen molar-refractivity contribution < 1.29 is 19.1 Å². The van der Waals surface area contributed by atoms with Gasteiger partial charge in [-0.3, -0.25) is 14.4 Å². The number of anilines is 1. The number of nitrogens with zero attached hydrogens (tertiary/aromatic N) is 3. The van der Waals surface area contributed by atoms with Gasteiger partial charge in [-0.2, -0.15) is 0 Å². The summed E-state index contributed by atoms with van der Waals surface area (Å²) in [7, 11) is 2.13. The van der Waals surface area contributed by atoms with Crippen LogP contribution in [-0.2, 0) is 14.3 Å². The number of hydrogen-bond donors (Lipinski definition) is 1. The number of nitrogens with one attached hydrogen (secondary N) is 1. The van der Waals surface area contributed by atoms with Crippen LogP contribution in [0.25, 0.3) is 0 Å². The molecule has 3 saturated heterocycles. The van der Waals surface area contributed by atoms with Gasteiger partial charge in [0, 0.05) is 49.9 Å². The Balaban J connectivity index is 1.32. The molecule has 8 nitrogen and oxygen atoms in total. The predicted octanol–water partition coefficient (Wildman–Crippen LogP) is 2.18. The van der Waals surface area contributed by atoms with Crippen molar-refractivity contribution in [2.24, 2.45) is 17.3 Å². The van der Waals surface area contributed by atoms with Crippen LogP contribution in [0.3, 0.4) is 0 Å². The number of hydrogen-bond acceptors (Lipinski definition) is 6.